The summed E-state index contributed by atoms with van der Waals surface area (Å²) in [6.45, 7) is 6.59. The number of hydrogen-bond donors (Lipinski definition) is 2. The quantitative estimate of drug-likeness (QED) is 0.609. The molecule has 0 aromatic heterocycles. The molecule has 28 heavy (non-hydrogen) atoms. The Balaban J connectivity index is 1.53. The van der Waals surface area contributed by atoms with E-state index in [1.54, 1.807) is 6.07 Å². The van der Waals surface area contributed by atoms with E-state index in [4.69, 9.17) is 4.74 Å². The predicted molar refractivity (Wildman–Crippen MR) is 108 cm³/mol. The van der Waals surface area contributed by atoms with Crippen LogP contribution in [-0.2, 0) is 11.8 Å². The number of likely N-dealkylation sites (N-methyl/N-ethyl adjacent to an activating group) is 1. The summed E-state index contributed by atoms with van der Waals surface area (Å²) in [5, 5.41) is 22.9. The van der Waals surface area contributed by atoms with Gasteiger partial charge in [0.05, 0.1) is 25.6 Å². The largest absolute Gasteiger partial charge is 0.504 e. The number of aliphatic hydroxyl groups is 1. The topological polar surface area (TPSA) is 49.7 Å². The number of piperidine rings is 1. The number of hydrogen-bond acceptors (Lipinski definition) is 3. The van der Waals surface area contributed by atoms with Crippen molar-refractivity contribution in [3.05, 3.63) is 35.4 Å². The van der Waals surface area contributed by atoms with Crippen molar-refractivity contribution >= 4 is 0 Å². The average molecular weight is 383 g/mol. The first kappa shape index (κ1) is 17.3. The van der Waals surface area contributed by atoms with E-state index in [9.17, 15) is 10.2 Å². The van der Waals surface area contributed by atoms with Crippen molar-refractivity contribution in [1.29, 1.82) is 0 Å². The highest BCUT2D eigenvalue weighted by Gasteiger charge is 2.75. The van der Waals surface area contributed by atoms with E-state index in [2.05, 4.69) is 19.7 Å². The van der Waals surface area contributed by atoms with Gasteiger partial charge in [0.2, 0.25) is 0 Å². The molecule has 2 bridgehead atoms. The highest BCUT2D eigenvalue weighted by Crippen LogP contribution is 2.67. The minimum Gasteiger partial charge on any atom is -0.504 e. The number of benzene rings is 1. The van der Waals surface area contributed by atoms with Crippen molar-refractivity contribution in [2.45, 2.75) is 74.5 Å². The Labute approximate surface area is 167 Å². The van der Waals surface area contributed by atoms with Crippen LogP contribution >= 0.6 is 0 Å². The summed E-state index contributed by atoms with van der Waals surface area (Å²) < 4.78 is 7.36. The number of aromatic hydroxyl groups is 1. The number of quaternary nitrogens is 1. The molecular formula is C24H32NO3+. The van der Waals surface area contributed by atoms with Gasteiger partial charge in [0.25, 0.3) is 0 Å². The Morgan fingerprint density at radius 2 is 2.04 bits per heavy atom. The summed E-state index contributed by atoms with van der Waals surface area (Å²) in [6, 6.07) is 4.06. The van der Waals surface area contributed by atoms with Gasteiger partial charge in [-0.15, -0.1) is 0 Å². The molecule has 5 atom stereocenters. The summed E-state index contributed by atoms with van der Waals surface area (Å²) in [4.78, 5) is 0. The molecular weight excluding hydrogens is 350 g/mol. The molecule has 0 amide bonds. The second kappa shape index (κ2) is 5.34. The van der Waals surface area contributed by atoms with Crippen LogP contribution in [-0.4, -0.2) is 52.6 Å². The van der Waals surface area contributed by atoms with E-state index in [1.807, 2.05) is 0 Å². The molecule has 1 unspecified atom stereocenters. The molecule has 1 aromatic carbocycles. The molecule has 1 aromatic rings. The molecule has 1 spiro atoms. The molecule has 2 aliphatic heterocycles. The smallest absolute Gasteiger partial charge is 0.166 e. The van der Waals surface area contributed by atoms with Crippen LogP contribution in [0.1, 0.15) is 56.1 Å². The van der Waals surface area contributed by atoms with Crippen LogP contribution in [0.3, 0.4) is 0 Å². The number of rotatable bonds is 2. The van der Waals surface area contributed by atoms with Gasteiger partial charge in [-0.25, -0.2) is 0 Å². The first-order valence-corrected chi connectivity index (χ1v) is 11.2. The maximum atomic E-state index is 12.4. The monoisotopic (exact) mass is 382 g/mol. The highest BCUT2D eigenvalue weighted by atomic mass is 16.5. The second-order valence-corrected chi connectivity index (χ2v) is 10.5. The van der Waals surface area contributed by atoms with E-state index >= 15 is 0 Å². The number of ether oxygens (including phenoxy) is 1. The van der Waals surface area contributed by atoms with Gasteiger partial charge < -0.3 is 19.4 Å². The average Bonchev–Trinajstić information content (AvgIpc) is 3.29. The minimum atomic E-state index is -0.781. The van der Waals surface area contributed by atoms with Crippen molar-refractivity contribution in [2.75, 3.05) is 20.1 Å². The molecule has 150 valence electrons. The summed E-state index contributed by atoms with van der Waals surface area (Å²) >= 11 is 0. The Morgan fingerprint density at radius 3 is 2.82 bits per heavy atom. The van der Waals surface area contributed by atoms with Gasteiger partial charge in [-0.05, 0) is 42.9 Å². The molecule has 4 nitrogen and oxygen atoms in total. The fourth-order valence-corrected chi connectivity index (χ4v) is 7.96. The zero-order valence-corrected chi connectivity index (χ0v) is 16.9. The minimum absolute atomic E-state index is 0.198. The third-order valence-corrected chi connectivity index (χ3v) is 9.21. The lowest BCUT2D eigenvalue weighted by molar-refractivity contribution is -0.952. The molecule has 3 aliphatic carbocycles. The lowest BCUT2D eigenvalue weighted by Crippen LogP contribution is -2.80. The standard InChI is InChI=1S/C24H31NO3/c1-15-9-10-24(27)19-13-17-7-8-18(26)21-20(17)23(24,22(15)28-21)11-12-25(19,2)14-16-5-3-4-6-16/h7-8,16,19,22,27H,1,3-6,9-14H2,2H3/p+1/t19-,22+,23+,24-,25?/m1/s1. The van der Waals surface area contributed by atoms with Gasteiger partial charge >= 0.3 is 0 Å². The zero-order valence-electron chi connectivity index (χ0n) is 16.9. The molecule has 2 N–H and O–H groups in total. The molecule has 5 aliphatic rings. The SMILES string of the molecule is C=C1CC[C@@]2(O)[C@H]3Cc4ccc(O)c5c4[C@@]2(CC[N+]3(C)CC2CCCC2)[C@H]1O5. The molecule has 0 radical (unpaired) electrons. The van der Waals surface area contributed by atoms with Crippen molar-refractivity contribution in [3.8, 4) is 11.5 Å². The summed E-state index contributed by atoms with van der Waals surface area (Å²) in [5.41, 5.74) is 2.25. The van der Waals surface area contributed by atoms with E-state index < -0.39 is 11.0 Å². The van der Waals surface area contributed by atoms with E-state index in [-0.39, 0.29) is 17.9 Å². The van der Waals surface area contributed by atoms with Crippen molar-refractivity contribution in [1.82, 2.24) is 0 Å². The van der Waals surface area contributed by atoms with Gasteiger partial charge in [-0.1, -0.05) is 25.5 Å². The van der Waals surface area contributed by atoms with Crippen LogP contribution < -0.4 is 4.74 Å². The first-order valence-electron chi connectivity index (χ1n) is 11.2. The third-order valence-electron chi connectivity index (χ3n) is 9.21. The summed E-state index contributed by atoms with van der Waals surface area (Å²) in [7, 11) is 2.40. The Hall–Kier alpha value is -1.52. The van der Waals surface area contributed by atoms with E-state index in [0.717, 1.165) is 53.8 Å². The highest BCUT2D eigenvalue weighted by molar-refractivity contribution is 5.63. The zero-order chi connectivity index (χ0) is 19.3. The van der Waals surface area contributed by atoms with Gasteiger partial charge in [-0.3, -0.25) is 0 Å². The van der Waals surface area contributed by atoms with Crippen LogP contribution in [0.5, 0.6) is 11.5 Å². The van der Waals surface area contributed by atoms with Crippen LogP contribution in [0.15, 0.2) is 24.3 Å². The lowest BCUT2D eigenvalue weighted by atomic mass is 9.48. The maximum absolute atomic E-state index is 12.4. The molecule has 2 saturated carbocycles. The third kappa shape index (κ3) is 1.85. The Bertz CT molecular complexity index is 875. The molecule has 6 rings (SSSR count). The van der Waals surface area contributed by atoms with Crippen LogP contribution in [0.4, 0.5) is 0 Å². The van der Waals surface area contributed by atoms with Gasteiger partial charge in [0.1, 0.15) is 17.7 Å². The Kier molecular flexibility index (Phi) is 3.31. The molecule has 3 fully saturated rings. The van der Waals surface area contributed by atoms with Crippen molar-refractivity contribution in [3.63, 3.8) is 0 Å². The molecule has 4 heteroatoms. The molecule has 1 saturated heterocycles. The summed E-state index contributed by atoms with van der Waals surface area (Å²) in [5.74, 6) is 1.63. The fourth-order valence-electron chi connectivity index (χ4n) is 7.96. The second-order valence-electron chi connectivity index (χ2n) is 10.5. The normalized spacial score (nSPS) is 43.7. The van der Waals surface area contributed by atoms with Crippen LogP contribution in [0, 0.1) is 5.92 Å². The molecule has 2 heterocycles. The number of phenolic OH excluding ortho intramolecular Hbond substituents is 1. The fraction of sp³-hybridized carbons (Fsp3) is 0.667. The maximum Gasteiger partial charge on any atom is 0.166 e. The van der Waals surface area contributed by atoms with Crippen LogP contribution in [0.2, 0.25) is 0 Å². The van der Waals surface area contributed by atoms with E-state index in [1.165, 1.54) is 37.8 Å². The van der Waals surface area contributed by atoms with Crippen molar-refractivity contribution in [2.24, 2.45) is 5.92 Å². The first-order chi connectivity index (χ1) is 13.4. The number of nitrogens with zero attached hydrogens (tertiary/aromatic N) is 1. The van der Waals surface area contributed by atoms with Gasteiger partial charge in [0.15, 0.2) is 11.5 Å². The summed E-state index contributed by atoms with van der Waals surface area (Å²) in [6.07, 6.45) is 8.61. The number of phenols is 1. The predicted octanol–water partition coefficient (Wildman–Crippen LogP) is 3.44. The van der Waals surface area contributed by atoms with Crippen molar-refractivity contribution < 1.29 is 19.4 Å². The van der Waals surface area contributed by atoms with Crippen LogP contribution in [0.25, 0.3) is 0 Å². The van der Waals surface area contributed by atoms with Gasteiger partial charge in [0, 0.05) is 24.3 Å². The lowest BCUT2D eigenvalue weighted by Gasteiger charge is -2.65. The van der Waals surface area contributed by atoms with Gasteiger partial charge in [-0.2, -0.15) is 0 Å². The van der Waals surface area contributed by atoms with E-state index in [0.29, 0.717) is 5.75 Å². The number of likely N-dealkylation sites (tertiary alicyclic amines) is 1. The Morgan fingerprint density at radius 1 is 1.25 bits per heavy atom.